The van der Waals surface area contributed by atoms with Crippen molar-refractivity contribution < 1.29 is 14.3 Å². The summed E-state index contributed by atoms with van der Waals surface area (Å²) in [5, 5.41) is 5.39. The van der Waals surface area contributed by atoms with Crippen LogP contribution in [0.5, 0.6) is 0 Å². The molecule has 4 rings (SSSR count). The lowest BCUT2D eigenvalue weighted by atomic mass is 9.81. The molecule has 0 unspecified atom stereocenters. The van der Waals surface area contributed by atoms with Crippen LogP contribution in [0.4, 0.5) is 5.69 Å². The van der Waals surface area contributed by atoms with Crippen LogP contribution >= 0.6 is 22.9 Å². The quantitative estimate of drug-likeness (QED) is 0.588. The molecule has 30 heavy (non-hydrogen) atoms. The second-order valence-electron chi connectivity index (χ2n) is 6.99. The van der Waals surface area contributed by atoms with Gasteiger partial charge in [-0.05, 0) is 35.2 Å². The number of amides is 2. The van der Waals surface area contributed by atoms with Crippen molar-refractivity contribution in [3.63, 3.8) is 0 Å². The maximum atomic E-state index is 13.6. The minimum Gasteiger partial charge on any atom is -0.383 e. The van der Waals surface area contributed by atoms with Crippen LogP contribution in [-0.2, 0) is 9.53 Å². The molecule has 1 N–H and O–H groups in total. The largest absolute Gasteiger partial charge is 0.383 e. The first kappa shape index (κ1) is 20.6. The molecule has 2 amide bonds. The molecule has 0 radical (unpaired) electrons. The Kier molecular flexibility index (Phi) is 6.18. The monoisotopic (exact) mass is 440 g/mol. The van der Waals surface area contributed by atoms with E-state index in [1.165, 1.54) is 11.3 Å². The molecule has 0 spiro atoms. The van der Waals surface area contributed by atoms with Gasteiger partial charge in [0, 0.05) is 24.1 Å². The number of halogens is 1. The molecule has 3 aromatic rings. The smallest absolute Gasteiger partial charge is 0.254 e. The second-order valence-corrected chi connectivity index (χ2v) is 8.37. The highest BCUT2D eigenvalue weighted by Gasteiger charge is 2.44. The number of rotatable bonds is 6. The molecule has 0 saturated heterocycles. The summed E-state index contributed by atoms with van der Waals surface area (Å²) in [6.45, 7) is 0.775. The molecule has 0 bridgehead atoms. The Bertz CT molecular complexity index is 1050. The Balaban J connectivity index is 1.81. The van der Waals surface area contributed by atoms with E-state index in [0.717, 1.165) is 10.4 Å². The highest BCUT2D eigenvalue weighted by atomic mass is 35.5. The van der Waals surface area contributed by atoms with Gasteiger partial charge >= 0.3 is 0 Å². The second kappa shape index (κ2) is 9.00. The van der Waals surface area contributed by atoms with Gasteiger partial charge in [-0.15, -0.1) is 11.3 Å². The number of nitrogens with zero attached hydrogens (tertiary/aromatic N) is 1. The molecule has 7 heteroatoms. The molecule has 1 aliphatic rings. The lowest BCUT2D eigenvalue weighted by Gasteiger charge is -2.41. The number of hydrogen-bond donors (Lipinski definition) is 1. The summed E-state index contributed by atoms with van der Waals surface area (Å²) in [5.74, 6) is -0.877. The summed E-state index contributed by atoms with van der Waals surface area (Å²) in [4.78, 5) is 29.6. The van der Waals surface area contributed by atoms with E-state index in [1.807, 2.05) is 47.8 Å². The maximum Gasteiger partial charge on any atom is 0.254 e. The van der Waals surface area contributed by atoms with E-state index in [9.17, 15) is 9.59 Å². The average molecular weight is 441 g/mol. The first-order valence-electron chi connectivity index (χ1n) is 9.59. The van der Waals surface area contributed by atoms with E-state index in [4.69, 9.17) is 16.3 Å². The number of carbonyl (C=O) groups excluding carboxylic acids is 2. The fourth-order valence-corrected chi connectivity index (χ4v) is 4.92. The number of benzene rings is 2. The number of nitrogens with one attached hydrogen (secondary N) is 1. The summed E-state index contributed by atoms with van der Waals surface area (Å²) in [6, 6.07) is 17.9. The Morgan fingerprint density at radius 2 is 1.90 bits per heavy atom. The van der Waals surface area contributed by atoms with Crippen LogP contribution in [0.15, 0.2) is 66.0 Å². The van der Waals surface area contributed by atoms with Crippen molar-refractivity contribution in [2.24, 2.45) is 0 Å². The third kappa shape index (κ3) is 3.86. The molecule has 154 valence electrons. The molecular weight excluding hydrogens is 420 g/mol. The van der Waals surface area contributed by atoms with Gasteiger partial charge in [-0.3, -0.25) is 9.59 Å². The number of carbonyl (C=O) groups is 2. The average Bonchev–Trinajstić information content (AvgIpc) is 3.29. The van der Waals surface area contributed by atoms with E-state index >= 15 is 0 Å². The third-order valence-corrected chi connectivity index (χ3v) is 6.50. The standard InChI is InChI=1S/C23H21ClN2O3S/c1-29-13-12-26-21(19-11-6-14-30-19)20(15-7-2-3-8-16(15)23(26)28)22(27)25-18-10-5-4-9-17(18)24/h2-11,14,20-21H,12-13H2,1H3,(H,25,27)/t20-,21+/m0/s1. The molecular formula is C23H21ClN2O3S. The predicted octanol–water partition coefficient (Wildman–Crippen LogP) is 4.97. The molecule has 1 aliphatic heterocycles. The summed E-state index contributed by atoms with van der Waals surface area (Å²) in [6.07, 6.45) is 0. The fraction of sp³-hybridized carbons (Fsp3) is 0.217. The number of methoxy groups -OCH3 is 1. The first-order chi connectivity index (χ1) is 14.6. The van der Waals surface area contributed by atoms with E-state index in [0.29, 0.717) is 29.4 Å². The predicted molar refractivity (Wildman–Crippen MR) is 119 cm³/mol. The molecule has 2 aromatic carbocycles. The van der Waals surface area contributed by atoms with Crippen molar-refractivity contribution in [3.05, 3.63) is 87.1 Å². The van der Waals surface area contributed by atoms with Gasteiger partial charge in [0.1, 0.15) is 0 Å². The van der Waals surface area contributed by atoms with Gasteiger partial charge < -0.3 is 15.0 Å². The van der Waals surface area contributed by atoms with Crippen LogP contribution < -0.4 is 5.32 Å². The van der Waals surface area contributed by atoms with Crippen molar-refractivity contribution in [1.29, 1.82) is 0 Å². The van der Waals surface area contributed by atoms with Gasteiger partial charge in [0.2, 0.25) is 5.91 Å². The summed E-state index contributed by atoms with van der Waals surface area (Å²) in [5.41, 5.74) is 1.81. The zero-order chi connectivity index (χ0) is 21.1. The zero-order valence-corrected chi connectivity index (χ0v) is 18.0. The fourth-order valence-electron chi connectivity index (χ4n) is 3.86. The number of thiophene rings is 1. The van der Waals surface area contributed by atoms with Crippen molar-refractivity contribution in [2.75, 3.05) is 25.6 Å². The number of hydrogen-bond acceptors (Lipinski definition) is 4. The number of fused-ring (bicyclic) bond motifs is 1. The highest BCUT2D eigenvalue weighted by Crippen LogP contribution is 2.44. The molecule has 1 aromatic heterocycles. The van der Waals surface area contributed by atoms with Gasteiger partial charge in [0.25, 0.3) is 5.91 Å². The Hall–Kier alpha value is -2.67. The Labute approximate surface area is 184 Å². The Morgan fingerprint density at radius 1 is 1.13 bits per heavy atom. The minimum absolute atomic E-state index is 0.0946. The van der Waals surface area contributed by atoms with Gasteiger partial charge in [0.15, 0.2) is 0 Å². The zero-order valence-electron chi connectivity index (χ0n) is 16.4. The van der Waals surface area contributed by atoms with Crippen LogP contribution in [0, 0.1) is 0 Å². The van der Waals surface area contributed by atoms with Gasteiger partial charge in [-0.25, -0.2) is 0 Å². The van der Waals surface area contributed by atoms with Crippen molar-refractivity contribution >= 4 is 40.4 Å². The molecule has 5 nitrogen and oxygen atoms in total. The summed E-state index contributed by atoms with van der Waals surface area (Å²) in [7, 11) is 1.60. The van der Waals surface area contributed by atoms with E-state index in [1.54, 1.807) is 30.2 Å². The molecule has 0 saturated carbocycles. The van der Waals surface area contributed by atoms with Crippen LogP contribution in [0.25, 0.3) is 0 Å². The number of ether oxygens (including phenoxy) is 1. The molecule has 2 heterocycles. The van der Waals surface area contributed by atoms with E-state index in [-0.39, 0.29) is 11.8 Å². The third-order valence-electron chi connectivity index (χ3n) is 5.22. The molecule has 2 atom stereocenters. The van der Waals surface area contributed by atoms with Crippen LogP contribution in [0.3, 0.4) is 0 Å². The lowest BCUT2D eigenvalue weighted by Crippen LogP contribution is -2.47. The normalized spacial score (nSPS) is 18.2. The number of para-hydroxylation sites is 1. The summed E-state index contributed by atoms with van der Waals surface area (Å²) < 4.78 is 5.25. The van der Waals surface area contributed by atoms with Gasteiger partial charge in [-0.2, -0.15) is 0 Å². The highest BCUT2D eigenvalue weighted by molar-refractivity contribution is 7.10. The van der Waals surface area contributed by atoms with Crippen molar-refractivity contribution in [3.8, 4) is 0 Å². The molecule has 0 aliphatic carbocycles. The van der Waals surface area contributed by atoms with Crippen LogP contribution in [0.2, 0.25) is 5.02 Å². The minimum atomic E-state index is -0.578. The number of anilines is 1. The van der Waals surface area contributed by atoms with Crippen molar-refractivity contribution in [2.45, 2.75) is 12.0 Å². The van der Waals surface area contributed by atoms with Gasteiger partial charge in [-0.1, -0.05) is 48.0 Å². The van der Waals surface area contributed by atoms with Crippen LogP contribution in [0.1, 0.15) is 32.8 Å². The SMILES string of the molecule is COCCN1C(=O)c2ccccc2[C@H](C(=O)Nc2ccccc2Cl)[C@H]1c1cccs1. The molecule has 0 fully saturated rings. The lowest BCUT2D eigenvalue weighted by molar-refractivity contribution is -0.119. The topological polar surface area (TPSA) is 58.6 Å². The first-order valence-corrected chi connectivity index (χ1v) is 10.8. The maximum absolute atomic E-state index is 13.6. The van der Waals surface area contributed by atoms with Crippen molar-refractivity contribution in [1.82, 2.24) is 4.90 Å². The Morgan fingerprint density at radius 3 is 2.63 bits per heavy atom. The summed E-state index contributed by atoms with van der Waals surface area (Å²) >= 11 is 7.80. The van der Waals surface area contributed by atoms with Crippen LogP contribution in [-0.4, -0.2) is 37.0 Å². The van der Waals surface area contributed by atoms with Gasteiger partial charge in [0.05, 0.1) is 29.3 Å². The van der Waals surface area contributed by atoms with E-state index in [2.05, 4.69) is 5.32 Å². The van der Waals surface area contributed by atoms with E-state index < -0.39 is 12.0 Å².